The summed E-state index contributed by atoms with van der Waals surface area (Å²) < 4.78 is 5.79. The standard InChI is InChI=1S/C17H26N2O2.ClH/c1-5-17(6-2,10-18)16(20)19-14-9-21-15-12(4)11(3)7-8-13(14)15;/h7-8,14H,5-6,9-10,18H2,1-4H3,(H,19,20);1H. The van der Waals surface area contributed by atoms with E-state index in [2.05, 4.69) is 31.3 Å². The predicted octanol–water partition coefficient (Wildman–Crippen LogP) is 3.04. The smallest absolute Gasteiger partial charge is 0.228 e. The zero-order valence-corrected chi connectivity index (χ0v) is 14.7. The number of nitrogens with one attached hydrogen (secondary N) is 1. The molecule has 1 heterocycles. The van der Waals surface area contributed by atoms with Crippen LogP contribution in [0, 0.1) is 19.3 Å². The molecule has 1 unspecified atom stereocenters. The molecule has 0 saturated carbocycles. The van der Waals surface area contributed by atoms with Gasteiger partial charge < -0.3 is 15.8 Å². The Morgan fingerprint density at radius 2 is 2.00 bits per heavy atom. The number of carbonyl (C=O) groups is 1. The Labute approximate surface area is 139 Å². The number of hydrogen-bond donors (Lipinski definition) is 2. The molecule has 1 aliphatic heterocycles. The summed E-state index contributed by atoms with van der Waals surface area (Å²) in [5, 5.41) is 3.13. The Balaban J connectivity index is 0.00000242. The molecule has 1 aromatic carbocycles. The number of fused-ring (bicyclic) bond motifs is 1. The third-order valence-electron chi connectivity index (χ3n) is 5.01. The molecule has 1 atom stereocenters. The molecule has 2 rings (SSSR count). The molecule has 4 nitrogen and oxygen atoms in total. The van der Waals surface area contributed by atoms with Crippen molar-refractivity contribution < 1.29 is 9.53 Å². The summed E-state index contributed by atoms with van der Waals surface area (Å²) in [7, 11) is 0. The Morgan fingerprint density at radius 1 is 1.36 bits per heavy atom. The van der Waals surface area contributed by atoms with Crippen molar-refractivity contribution in [2.24, 2.45) is 11.1 Å². The van der Waals surface area contributed by atoms with Gasteiger partial charge in [0.25, 0.3) is 0 Å². The second kappa shape index (κ2) is 7.34. The number of hydrogen-bond acceptors (Lipinski definition) is 3. The number of rotatable bonds is 5. The van der Waals surface area contributed by atoms with Crippen LogP contribution < -0.4 is 15.8 Å². The molecule has 0 bridgehead atoms. The van der Waals surface area contributed by atoms with E-state index in [0.717, 1.165) is 29.7 Å². The van der Waals surface area contributed by atoms with Gasteiger partial charge in [-0.15, -0.1) is 12.4 Å². The summed E-state index contributed by atoms with van der Waals surface area (Å²) in [5.41, 5.74) is 8.82. The predicted molar refractivity (Wildman–Crippen MR) is 91.6 cm³/mol. The second-order valence-electron chi connectivity index (χ2n) is 5.95. The van der Waals surface area contributed by atoms with Crippen LogP contribution in [0.5, 0.6) is 5.75 Å². The highest BCUT2D eigenvalue weighted by molar-refractivity contribution is 5.85. The second-order valence-corrected chi connectivity index (χ2v) is 5.95. The Kier molecular flexibility index (Phi) is 6.27. The molecule has 0 radical (unpaired) electrons. The largest absolute Gasteiger partial charge is 0.490 e. The van der Waals surface area contributed by atoms with Crippen molar-refractivity contribution >= 4 is 18.3 Å². The average Bonchev–Trinajstić information content (AvgIpc) is 2.89. The van der Waals surface area contributed by atoms with Gasteiger partial charge in [-0.25, -0.2) is 0 Å². The average molecular weight is 327 g/mol. The van der Waals surface area contributed by atoms with Crippen molar-refractivity contribution in [1.82, 2.24) is 5.32 Å². The van der Waals surface area contributed by atoms with Gasteiger partial charge in [0.15, 0.2) is 0 Å². The molecule has 3 N–H and O–H groups in total. The maximum absolute atomic E-state index is 12.6. The lowest BCUT2D eigenvalue weighted by atomic mass is 9.81. The lowest BCUT2D eigenvalue weighted by Gasteiger charge is -2.30. The van der Waals surface area contributed by atoms with Gasteiger partial charge in [0.05, 0.1) is 11.5 Å². The van der Waals surface area contributed by atoms with Gasteiger partial charge >= 0.3 is 0 Å². The molecule has 1 amide bonds. The van der Waals surface area contributed by atoms with Crippen LogP contribution >= 0.6 is 12.4 Å². The fraction of sp³-hybridized carbons (Fsp3) is 0.588. The van der Waals surface area contributed by atoms with Crippen LogP contribution in [0.15, 0.2) is 12.1 Å². The molecule has 22 heavy (non-hydrogen) atoms. The molecule has 5 heteroatoms. The van der Waals surface area contributed by atoms with Gasteiger partial charge in [0.2, 0.25) is 5.91 Å². The summed E-state index contributed by atoms with van der Waals surface area (Å²) >= 11 is 0. The van der Waals surface area contributed by atoms with Crippen LogP contribution in [0.25, 0.3) is 0 Å². The quantitative estimate of drug-likeness (QED) is 0.874. The highest BCUT2D eigenvalue weighted by atomic mass is 35.5. The van der Waals surface area contributed by atoms with E-state index in [1.54, 1.807) is 0 Å². The minimum Gasteiger partial charge on any atom is -0.490 e. The molecule has 0 fully saturated rings. The number of benzene rings is 1. The van der Waals surface area contributed by atoms with Gasteiger partial charge in [-0.3, -0.25) is 4.79 Å². The number of halogens is 1. The first-order chi connectivity index (χ1) is 9.99. The van der Waals surface area contributed by atoms with E-state index in [0.29, 0.717) is 13.2 Å². The maximum atomic E-state index is 12.6. The highest BCUT2D eigenvalue weighted by Crippen LogP contribution is 2.37. The fourth-order valence-electron chi connectivity index (χ4n) is 2.92. The number of carbonyl (C=O) groups excluding carboxylic acids is 1. The number of nitrogens with two attached hydrogens (primary N) is 1. The van der Waals surface area contributed by atoms with E-state index in [1.807, 2.05) is 13.8 Å². The Bertz CT molecular complexity index is 533. The van der Waals surface area contributed by atoms with Gasteiger partial charge in [-0.2, -0.15) is 0 Å². The van der Waals surface area contributed by atoms with Crippen molar-refractivity contribution in [1.29, 1.82) is 0 Å². The third kappa shape index (κ3) is 3.08. The molecule has 1 aliphatic rings. The highest BCUT2D eigenvalue weighted by Gasteiger charge is 2.36. The molecule has 124 valence electrons. The normalized spacial score (nSPS) is 16.5. The van der Waals surface area contributed by atoms with Crippen molar-refractivity contribution in [3.05, 3.63) is 28.8 Å². The van der Waals surface area contributed by atoms with Crippen molar-refractivity contribution in [2.75, 3.05) is 13.2 Å². The summed E-state index contributed by atoms with van der Waals surface area (Å²) in [4.78, 5) is 12.6. The molecular weight excluding hydrogens is 300 g/mol. The van der Waals surface area contributed by atoms with E-state index in [4.69, 9.17) is 10.5 Å². The minimum absolute atomic E-state index is 0. The van der Waals surface area contributed by atoms with Crippen LogP contribution in [0.4, 0.5) is 0 Å². The molecule has 0 aliphatic carbocycles. The van der Waals surface area contributed by atoms with Gasteiger partial charge in [-0.05, 0) is 37.8 Å². The number of aryl methyl sites for hydroxylation is 1. The first-order valence-corrected chi connectivity index (χ1v) is 7.73. The van der Waals surface area contributed by atoms with Crippen molar-refractivity contribution in [2.45, 2.75) is 46.6 Å². The SMILES string of the molecule is CCC(CC)(CN)C(=O)NC1COc2c1ccc(C)c2C.Cl. The van der Waals surface area contributed by atoms with Crippen LogP contribution in [0.2, 0.25) is 0 Å². The first kappa shape index (κ1) is 18.8. The van der Waals surface area contributed by atoms with Crippen LogP contribution in [-0.2, 0) is 4.79 Å². The summed E-state index contributed by atoms with van der Waals surface area (Å²) in [6.07, 6.45) is 1.50. The molecule has 0 saturated heterocycles. The van der Waals surface area contributed by atoms with Crippen LogP contribution in [-0.4, -0.2) is 19.1 Å². The lowest BCUT2D eigenvalue weighted by Crippen LogP contribution is -2.46. The summed E-state index contributed by atoms with van der Waals surface area (Å²) in [5.74, 6) is 0.960. The van der Waals surface area contributed by atoms with Gasteiger partial charge in [-0.1, -0.05) is 26.0 Å². The Morgan fingerprint density at radius 3 is 2.55 bits per heavy atom. The van der Waals surface area contributed by atoms with E-state index in [1.165, 1.54) is 5.56 Å². The third-order valence-corrected chi connectivity index (χ3v) is 5.01. The fourth-order valence-corrected chi connectivity index (χ4v) is 2.92. The van der Waals surface area contributed by atoms with E-state index in [9.17, 15) is 4.79 Å². The topological polar surface area (TPSA) is 64.4 Å². The molecule has 0 aromatic heterocycles. The van der Waals surface area contributed by atoms with Crippen LogP contribution in [0.1, 0.15) is 49.4 Å². The summed E-state index contributed by atoms with van der Waals surface area (Å²) in [6.45, 7) is 9.03. The Hall–Kier alpha value is -1.26. The van der Waals surface area contributed by atoms with Crippen LogP contribution in [0.3, 0.4) is 0 Å². The molecule has 1 aromatic rings. The van der Waals surface area contributed by atoms with Crippen molar-refractivity contribution in [3.63, 3.8) is 0 Å². The molecular formula is C17H27ClN2O2. The summed E-state index contributed by atoms with van der Waals surface area (Å²) in [6, 6.07) is 4.06. The lowest BCUT2D eigenvalue weighted by molar-refractivity contribution is -0.131. The first-order valence-electron chi connectivity index (χ1n) is 7.73. The number of ether oxygens (including phenoxy) is 1. The minimum atomic E-state index is -0.470. The zero-order chi connectivity index (χ0) is 15.6. The van der Waals surface area contributed by atoms with E-state index < -0.39 is 5.41 Å². The van der Waals surface area contributed by atoms with E-state index in [-0.39, 0.29) is 24.4 Å². The van der Waals surface area contributed by atoms with Gasteiger partial charge in [0, 0.05) is 12.1 Å². The van der Waals surface area contributed by atoms with E-state index >= 15 is 0 Å². The monoisotopic (exact) mass is 326 g/mol. The van der Waals surface area contributed by atoms with Gasteiger partial charge in [0.1, 0.15) is 12.4 Å². The van der Waals surface area contributed by atoms with Crippen molar-refractivity contribution in [3.8, 4) is 5.75 Å². The maximum Gasteiger partial charge on any atom is 0.228 e. The molecule has 0 spiro atoms. The number of amides is 1. The zero-order valence-electron chi connectivity index (χ0n) is 13.9.